The van der Waals surface area contributed by atoms with Gasteiger partial charge in [0.2, 0.25) is 0 Å². The lowest BCUT2D eigenvalue weighted by molar-refractivity contribution is 0.213. The van der Waals surface area contributed by atoms with Crippen molar-refractivity contribution in [1.82, 2.24) is 15.6 Å². The second-order valence-corrected chi connectivity index (χ2v) is 5.53. The average molecular weight is 470 g/mol. The number of rotatable bonds is 8. The molecule has 1 unspecified atom stereocenters. The highest BCUT2D eigenvalue weighted by molar-refractivity contribution is 14.0. The van der Waals surface area contributed by atoms with Crippen LogP contribution in [0.15, 0.2) is 53.7 Å². The van der Waals surface area contributed by atoms with Crippen molar-refractivity contribution in [2.75, 3.05) is 27.2 Å². The van der Waals surface area contributed by atoms with Crippen molar-refractivity contribution in [3.05, 3.63) is 54.4 Å². The van der Waals surface area contributed by atoms with Crippen LogP contribution in [0, 0.1) is 0 Å². The van der Waals surface area contributed by atoms with E-state index in [1.165, 1.54) is 0 Å². The Bertz CT molecular complexity index is 668. The molecule has 1 aromatic carbocycles. The summed E-state index contributed by atoms with van der Waals surface area (Å²) < 4.78 is 11.2. The van der Waals surface area contributed by atoms with Gasteiger partial charge >= 0.3 is 0 Å². The maximum absolute atomic E-state index is 5.92. The first-order chi connectivity index (χ1) is 12.2. The van der Waals surface area contributed by atoms with Crippen molar-refractivity contribution in [1.29, 1.82) is 0 Å². The van der Waals surface area contributed by atoms with Crippen LogP contribution in [0.1, 0.15) is 12.6 Å². The third-order valence-electron chi connectivity index (χ3n) is 3.58. The molecule has 2 aromatic rings. The van der Waals surface area contributed by atoms with Gasteiger partial charge in [-0.05, 0) is 31.2 Å². The molecular weight excluding hydrogens is 443 g/mol. The number of hydrogen-bond donors (Lipinski definition) is 2. The highest BCUT2D eigenvalue weighted by atomic mass is 127. The van der Waals surface area contributed by atoms with Crippen LogP contribution in [-0.2, 0) is 6.42 Å². The molecule has 1 atom stereocenters. The Morgan fingerprint density at radius 3 is 2.50 bits per heavy atom. The molecule has 142 valence electrons. The maximum atomic E-state index is 5.92. The van der Waals surface area contributed by atoms with Gasteiger partial charge < -0.3 is 20.1 Å². The molecule has 6 nitrogen and oxygen atoms in total. The molecule has 0 aliphatic carbocycles. The van der Waals surface area contributed by atoms with Crippen LogP contribution < -0.4 is 20.1 Å². The quantitative estimate of drug-likeness (QED) is 0.353. The van der Waals surface area contributed by atoms with Crippen LogP contribution in [0.5, 0.6) is 11.5 Å². The van der Waals surface area contributed by atoms with Gasteiger partial charge in [-0.15, -0.1) is 24.0 Å². The summed E-state index contributed by atoms with van der Waals surface area (Å²) in [6.45, 7) is 3.39. The molecule has 0 aliphatic heterocycles. The summed E-state index contributed by atoms with van der Waals surface area (Å²) >= 11 is 0. The van der Waals surface area contributed by atoms with E-state index in [-0.39, 0.29) is 30.1 Å². The van der Waals surface area contributed by atoms with E-state index >= 15 is 0 Å². The number of guanidine groups is 1. The number of pyridine rings is 1. The van der Waals surface area contributed by atoms with Gasteiger partial charge in [0.05, 0.1) is 13.7 Å². The molecule has 0 spiro atoms. The fourth-order valence-electron chi connectivity index (χ4n) is 2.29. The van der Waals surface area contributed by atoms with E-state index in [0.717, 1.165) is 36.1 Å². The van der Waals surface area contributed by atoms with Crippen LogP contribution in [0.2, 0.25) is 0 Å². The number of aromatic nitrogens is 1. The number of para-hydroxylation sites is 2. The molecule has 26 heavy (non-hydrogen) atoms. The second-order valence-electron chi connectivity index (χ2n) is 5.53. The van der Waals surface area contributed by atoms with E-state index in [1.807, 2.05) is 49.4 Å². The first kappa shape index (κ1) is 22.0. The third kappa shape index (κ3) is 7.47. The lowest BCUT2D eigenvalue weighted by atomic mass is 10.3. The molecule has 0 fully saturated rings. The molecule has 0 saturated carbocycles. The van der Waals surface area contributed by atoms with Crippen LogP contribution in [0.4, 0.5) is 0 Å². The van der Waals surface area contributed by atoms with Crippen molar-refractivity contribution < 1.29 is 9.47 Å². The molecule has 1 heterocycles. The summed E-state index contributed by atoms with van der Waals surface area (Å²) in [6, 6.07) is 13.6. The Morgan fingerprint density at radius 1 is 1.12 bits per heavy atom. The van der Waals surface area contributed by atoms with Gasteiger partial charge in [0.15, 0.2) is 17.5 Å². The van der Waals surface area contributed by atoms with Crippen molar-refractivity contribution >= 4 is 29.9 Å². The van der Waals surface area contributed by atoms with Crippen molar-refractivity contribution in [2.24, 2.45) is 4.99 Å². The Morgan fingerprint density at radius 2 is 1.85 bits per heavy atom. The predicted octanol–water partition coefficient (Wildman–Crippen LogP) is 2.88. The normalized spacial score (nSPS) is 11.9. The Hall–Kier alpha value is -2.03. The first-order valence-electron chi connectivity index (χ1n) is 8.37. The van der Waals surface area contributed by atoms with E-state index in [0.29, 0.717) is 6.54 Å². The molecule has 0 amide bonds. The van der Waals surface area contributed by atoms with E-state index in [2.05, 4.69) is 20.6 Å². The summed E-state index contributed by atoms with van der Waals surface area (Å²) in [5, 5.41) is 6.54. The van der Waals surface area contributed by atoms with Gasteiger partial charge in [0.25, 0.3) is 0 Å². The summed E-state index contributed by atoms with van der Waals surface area (Å²) in [7, 11) is 3.39. The van der Waals surface area contributed by atoms with Crippen LogP contribution in [0.25, 0.3) is 0 Å². The number of nitrogens with zero attached hydrogens (tertiary/aromatic N) is 2. The molecule has 0 radical (unpaired) electrons. The fraction of sp³-hybridized carbons (Fsp3) is 0.368. The molecule has 7 heteroatoms. The summed E-state index contributed by atoms with van der Waals surface area (Å²) in [5.74, 6) is 2.20. The number of aliphatic imine (C=N–C) groups is 1. The van der Waals surface area contributed by atoms with Gasteiger partial charge in [-0.3, -0.25) is 9.98 Å². The third-order valence-corrected chi connectivity index (χ3v) is 3.58. The highest BCUT2D eigenvalue weighted by Gasteiger charge is 2.09. The van der Waals surface area contributed by atoms with Gasteiger partial charge in [0.1, 0.15) is 6.10 Å². The molecule has 0 bridgehead atoms. The predicted molar refractivity (Wildman–Crippen MR) is 116 cm³/mol. The lowest BCUT2D eigenvalue weighted by Crippen LogP contribution is -2.42. The number of nitrogens with one attached hydrogen (secondary N) is 2. The summed E-state index contributed by atoms with van der Waals surface area (Å²) in [6.07, 6.45) is 2.61. The van der Waals surface area contributed by atoms with Gasteiger partial charge in [-0.1, -0.05) is 18.2 Å². The SMILES string of the molecule is CN=C(NCCc1ccccn1)NCC(C)Oc1ccccc1OC.I. The fourth-order valence-corrected chi connectivity index (χ4v) is 2.29. The van der Waals surface area contributed by atoms with E-state index < -0.39 is 0 Å². The largest absolute Gasteiger partial charge is 0.493 e. The second kappa shape index (κ2) is 12.3. The van der Waals surface area contributed by atoms with Gasteiger partial charge in [-0.25, -0.2) is 0 Å². The lowest BCUT2D eigenvalue weighted by Gasteiger charge is -2.19. The Labute approximate surface area is 172 Å². The molecule has 2 N–H and O–H groups in total. The van der Waals surface area contributed by atoms with Crippen LogP contribution >= 0.6 is 24.0 Å². The number of hydrogen-bond acceptors (Lipinski definition) is 4. The maximum Gasteiger partial charge on any atom is 0.191 e. The van der Waals surface area contributed by atoms with Gasteiger partial charge in [-0.2, -0.15) is 0 Å². The molecule has 1 aromatic heterocycles. The monoisotopic (exact) mass is 470 g/mol. The first-order valence-corrected chi connectivity index (χ1v) is 8.37. The summed E-state index contributed by atoms with van der Waals surface area (Å²) in [4.78, 5) is 8.53. The minimum atomic E-state index is -0.0364. The van der Waals surface area contributed by atoms with Crippen molar-refractivity contribution in [2.45, 2.75) is 19.4 Å². The Balaban J connectivity index is 0.00000338. The van der Waals surface area contributed by atoms with E-state index in [4.69, 9.17) is 9.47 Å². The zero-order valence-corrected chi connectivity index (χ0v) is 17.8. The summed E-state index contributed by atoms with van der Waals surface area (Å²) in [5.41, 5.74) is 1.05. The smallest absolute Gasteiger partial charge is 0.191 e. The average Bonchev–Trinajstić information content (AvgIpc) is 2.65. The highest BCUT2D eigenvalue weighted by Crippen LogP contribution is 2.26. The molecule has 2 rings (SSSR count). The number of benzene rings is 1. The standard InChI is InChI=1S/C19H26N4O2.HI/c1-15(25-18-10-5-4-9-17(18)24-3)14-23-19(20-2)22-13-11-16-8-6-7-12-21-16;/h4-10,12,15H,11,13-14H2,1-3H3,(H2,20,22,23);1H. The number of ether oxygens (including phenoxy) is 2. The molecular formula is C19H27IN4O2. The van der Waals surface area contributed by atoms with E-state index in [9.17, 15) is 0 Å². The van der Waals surface area contributed by atoms with Gasteiger partial charge in [0, 0.05) is 31.9 Å². The van der Waals surface area contributed by atoms with Crippen LogP contribution in [0.3, 0.4) is 0 Å². The zero-order valence-electron chi connectivity index (χ0n) is 15.4. The molecule has 0 aliphatic rings. The number of halogens is 1. The Kier molecular flexibility index (Phi) is 10.5. The minimum absolute atomic E-state index is 0. The zero-order chi connectivity index (χ0) is 17.9. The molecule has 0 saturated heterocycles. The van der Waals surface area contributed by atoms with Crippen LogP contribution in [-0.4, -0.2) is 44.3 Å². The van der Waals surface area contributed by atoms with Crippen molar-refractivity contribution in [3.8, 4) is 11.5 Å². The van der Waals surface area contributed by atoms with E-state index in [1.54, 1.807) is 20.4 Å². The minimum Gasteiger partial charge on any atom is -0.493 e. The topological polar surface area (TPSA) is 67.8 Å². The number of methoxy groups -OCH3 is 1. The van der Waals surface area contributed by atoms with Crippen molar-refractivity contribution in [3.63, 3.8) is 0 Å².